The molecular formula is C53H90O6. The first-order valence-electron chi connectivity index (χ1n) is 24.5. The minimum Gasteiger partial charge on any atom is -0.462 e. The monoisotopic (exact) mass is 823 g/mol. The molecule has 0 aliphatic heterocycles. The van der Waals surface area contributed by atoms with Crippen LogP contribution < -0.4 is 0 Å². The van der Waals surface area contributed by atoms with E-state index in [0.717, 1.165) is 77.0 Å². The minimum atomic E-state index is -0.812. The summed E-state index contributed by atoms with van der Waals surface area (Å²) in [6.45, 7) is 6.41. The van der Waals surface area contributed by atoms with Gasteiger partial charge in [0, 0.05) is 19.3 Å². The van der Waals surface area contributed by atoms with Crippen LogP contribution in [0.25, 0.3) is 0 Å². The number of carbonyl (C=O) groups excluding carboxylic acids is 3. The molecule has 0 spiro atoms. The number of unbranched alkanes of at least 4 members (excludes halogenated alkanes) is 23. The summed E-state index contributed by atoms with van der Waals surface area (Å²) in [5, 5.41) is 0. The second-order valence-corrected chi connectivity index (χ2v) is 16.1. The van der Waals surface area contributed by atoms with Crippen molar-refractivity contribution in [2.45, 2.75) is 232 Å². The van der Waals surface area contributed by atoms with Gasteiger partial charge in [0.2, 0.25) is 0 Å². The average Bonchev–Trinajstić information content (AvgIpc) is 3.23. The highest BCUT2D eigenvalue weighted by atomic mass is 16.6. The van der Waals surface area contributed by atoms with Crippen LogP contribution in [0, 0.1) is 0 Å². The number of hydrogen-bond donors (Lipinski definition) is 0. The van der Waals surface area contributed by atoms with E-state index in [4.69, 9.17) is 14.2 Å². The van der Waals surface area contributed by atoms with Crippen LogP contribution in [-0.2, 0) is 28.6 Å². The highest BCUT2D eigenvalue weighted by molar-refractivity contribution is 5.71. The van der Waals surface area contributed by atoms with Gasteiger partial charge in [-0.3, -0.25) is 14.4 Å². The van der Waals surface area contributed by atoms with Gasteiger partial charge in [0.05, 0.1) is 0 Å². The molecule has 0 radical (unpaired) electrons. The molecular weight excluding hydrogens is 733 g/mol. The molecule has 338 valence electrons. The maximum absolute atomic E-state index is 12.7. The molecule has 6 nitrogen and oxygen atoms in total. The van der Waals surface area contributed by atoms with Crippen molar-refractivity contribution in [3.8, 4) is 0 Å². The second kappa shape index (κ2) is 47.5. The molecule has 0 amide bonds. The standard InChI is InChI=1S/C53H90O6/c1-4-7-10-13-16-19-22-25-26-29-31-34-37-40-43-46-52(55)58-49-50(59-53(56)47-44-41-38-35-32-28-24-21-18-15-12-9-6-3)48-57-51(54)45-42-39-36-33-30-27-23-20-17-14-11-8-5-2/h7,10,13,16,19,22,25-26,28,32,38,41,50H,4-6,8-9,11-12,14-15,17-18,20-21,23-24,27,29-31,33-37,39-40,42-49H2,1-3H3/b10-7-,16-13-,22-19-,26-25-,32-28-,41-38-. The predicted molar refractivity (Wildman–Crippen MR) is 251 cm³/mol. The number of allylic oxidation sites excluding steroid dienone is 12. The van der Waals surface area contributed by atoms with Crippen LogP contribution in [0.5, 0.6) is 0 Å². The summed E-state index contributed by atoms with van der Waals surface area (Å²) in [5.74, 6) is -0.998. The highest BCUT2D eigenvalue weighted by Crippen LogP contribution is 2.14. The fourth-order valence-electron chi connectivity index (χ4n) is 6.62. The van der Waals surface area contributed by atoms with Crippen LogP contribution in [0.15, 0.2) is 72.9 Å². The van der Waals surface area contributed by atoms with Crippen LogP contribution in [0.1, 0.15) is 226 Å². The number of esters is 3. The van der Waals surface area contributed by atoms with Crippen LogP contribution in [0.2, 0.25) is 0 Å². The number of rotatable bonds is 43. The van der Waals surface area contributed by atoms with Crippen molar-refractivity contribution in [1.82, 2.24) is 0 Å². The lowest BCUT2D eigenvalue weighted by molar-refractivity contribution is -0.166. The quantitative estimate of drug-likeness (QED) is 0.0200. The Morgan fingerprint density at radius 3 is 1.24 bits per heavy atom. The molecule has 0 aromatic heterocycles. The van der Waals surface area contributed by atoms with E-state index < -0.39 is 6.10 Å². The van der Waals surface area contributed by atoms with E-state index >= 15 is 0 Å². The Morgan fingerprint density at radius 1 is 0.373 bits per heavy atom. The third-order valence-electron chi connectivity index (χ3n) is 10.3. The lowest BCUT2D eigenvalue weighted by Gasteiger charge is -2.18. The normalized spacial score (nSPS) is 12.7. The molecule has 0 aromatic rings. The summed E-state index contributed by atoms with van der Waals surface area (Å²) >= 11 is 0. The van der Waals surface area contributed by atoms with E-state index in [-0.39, 0.29) is 37.5 Å². The Balaban J connectivity index is 4.48. The Hall–Kier alpha value is -3.15. The van der Waals surface area contributed by atoms with Gasteiger partial charge in [-0.15, -0.1) is 0 Å². The molecule has 0 fully saturated rings. The van der Waals surface area contributed by atoms with Crippen molar-refractivity contribution in [1.29, 1.82) is 0 Å². The molecule has 6 heteroatoms. The van der Waals surface area contributed by atoms with E-state index in [1.807, 2.05) is 30.4 Å². The Kier molecular flexibility index (Phi) is 45.0. The predicted octanol–water partition coefficient (Wildman–Crippen LogP) is 15.9. The summed E-state index contributed by atoms with van der Waals surface area (Å²) in [7, 11) is 0. The fourth-order valence-corrected chi connectivity index (χ4v) is 6.62. The second-order valence-electron chi connectivity index (χ2n) is 16.1. The molecule has 0 rings (SSSR count). The zero-order chi connectivity index (χ0) is 43.0. The molecule has 0 saturated carbocycles. The van der Waals surface area contributed by atoms with Gasteiger partial charge in [-0.25, -0.2) is 0 Å². The van der Waals surface area contributed by atoms with Crippen molar-refractivity contribution in [2.24, 2.45) is 0 Å². The van der Waals surface area contributed by atoms with Crippen LogP contribution in [-0.4, -0.2) is 37.2 Å². The fraction of sp³-hybridized carbons (Fsp3) is 0.717. The van der Waals surface area contributed by atoms with Crippen molar-refractivity contribution >= 4 is 17.9 Å². The van der Waals surface area contributed by atoms with E-state index in [0.29, 0.717) is 19.3 Å². The minimum absolute atomic E-state index is 0.104. The average molecular weight is 823 g/mol. The smallest absolute Gasteiger partial charge is 0.306 e. The van der Waals surface area contributed by atoms with E-state index in [9.17, 15) is 14.4 Å². The summed E-state index contributed by atoms with van der Waals surface area (Å²) in [6.07, 6.45) is 58.9. The summed E-state index contributed by atoms with van der Waals surface area (Å²) < 4.78 is 16.7. The summed E-state index contributed by atoms with van der Waals surface area (Å²) in [6, 6.07) is 0. The highest BCUT2D eigenvalue weighted by Gasteiger charge is 2.19. The zero-order valence-corrected chi connectivity index (χ0v) is 38.5. The molecule has 0 aliphatic rings. The zero-order valence-electron chi connectivity index (χ0n) is 38.5. The van der Waals surface area contributed by atoms with Gasteiger partial charge >= 0.3 is 17.9 Å². The van der Waals surface area contributed by atoms with Crippen LogP contribution in [0.3, 0.4) is 0 Å². The molecule has 0 aromatic carbocycles. The van der Waals surface area contributed by atoms with Crippen molar-refractivity contribution in [2.75, 3.05) is 13.2 Å². The Bertz CT molecular complexity index is 1130. The molecule has 0 saturated heterocycles. The molecule has 0 bridgehead atoms. The third kappa shape index (κ3) is 45.8. The van der Waals surface area contributed by atoms with Crippen LogP contribution in [0.4, 0.5) is 0 Å². The largest absolute Gasteiger partial charge is 0.462 e. The lowest BCUT2D eigenvalue weighted by atomic mass is 10.0. The molecule has 0 aliphatic carbocycles. The van der Waals surface area contributed by atoms with E-state index in [2.05, 4.69) is 63.3 Å². The van der Waals surface area contributed by atoms with Gasteiger partial charge < -0.3 is 14.2 Å². The molecule has 59 heavy (non-hydrogen) atoms. The molecule has 1 atom stereocenters. The number of carbonyl (C=O) groups is 3. The van der Waals surface area contributed by atoms with Gasteiger partial charge in [-0.1, -0.05) is 222 Å². The maximum Gasteiger partial charge on any atom is 0.306 e. The third-order valence-corrected chi connectivity index (χ3v) is 10.3. The Morgan fingerprint density at radius 2 is 0.763 bits per heavy atom. The number of ether oxygens (including phenoxy) is 3. The first-order valence-corrected chi connectivity index (χ1v) is 24.5. The van der Waals surface area contributed by atoms with Crippen molar-refractivity contribution in [3.05, 3.63) is 72.9 Å². The van der Waals surface area contributed by atoms with Crippen LogP contribution >= 0.6 is 0 Å². The first-order chi connectivity index (χ1) is 29.0. The number of hydrogen-bond acceptors (Lipinski definition) is 6. The van der Waals surface area contributed by atoms with Crippen molar-refractivity contribution in [3.63, 3.8) is 0 Å². The maximum atomic E-state index is 12.7. The van der Waals surface area contributed by atoms with Gasteiger partial charge in [-0.2, -0.15) is 0 Å². The first kappa shape index (κ1) is 55.9. The summed E-state index contributed by atoms with van der Waals surface area (Å²) in [5.41, 5.74) is 0. The SMILES string of the molecule is CC\C=C/C=C\C=C/C=C\CCCCCCCC(=O)OCC(COC(=O)CCCCCCCCCCCCCCC)OC(=O)CC/C=C\C/C=C\CCCCCCCC. The van der Waals surface area contributed by atoms with Gasteiger partial charge in [0.1, 0.15) is 13.2 Å². The topological polar surface area (TPSA) is 78.9 Å². The molecule has 0 N–H and O–H groups in total. The van der Waals surface area contributed by atoms with E-state index in [1.165, 1.54) is 103 Å². The Labute approximate surface area is 363 Å². The van der Waals surface area contributed by atoms with Gasteiger partial charge in [0.15, 0.2) is 6.10 Å². The molecule has 1 unspecified atom stereocenters. The summed E-state index contributed by atoms with van der Waals surface area (Å²) in [4.78, 5) is 37.8. The van der Waals surface area contributed by atoms with Crippen molar-refractivity contribution < 1.29 is 28.6 Å². The molecule has 0 heterocycles. The van der Waals surface area contributed by atoms with Gasteiger partial charge in [-0.05, 0) is 57.8 Å². The van der Waals surface area contributed by atoms with Gasteiger partial charge in [0.25, 0.3) is 0 Å². The lowest BCUT2D eigenvalue weighted by Crippen LogP contribution is -2.30. The van der Waals surface area contributed by atoms with E-state index in [1.54, 1.807) is 0 Å².